The van der Waals surface area contributed by atoms with Crippen molar-refractivity contribution in [1.82, 2.24) is 15.7 Å². The Balaban J connectivity index is 1.21. The molecule has 3 aromatic rings. The summed E-state index contributed by atoms with van der Waals surface area (Å²) in [5.41, 5.74) is 7.50. The van der Waals surface area contributed by atoms with Crippen LogP contribution >= 0.6 is 0 Å². The molecule has 10 heteroatoms. The van der Waals surface area contributed by atoms with Gasteiger partial charge in [0.1, 0.15) is 0 Å². The molecular weight excluding hydrogens is 598 g/mol. The van der Waals surface area contributed by atoms with Gasteiger partial charge in [0.25, 0.3) is 0 Å². The fourth-order valence-electron chi connectivity index (χ4n) is 6.29. The molecule has 4 atom stereocenters. The Kier molecular flexibility index (Phi) is 12.9. The maximum absolute atomic E-state index is 12.4. The molecule has 0 radical (unpaired) electrons. The Hall–Kier alpha value is -3.64. The van der Waals surface area contributed by atoms with Crippen molar-refractivity contribution in [3.8, 4) is 11.1 Å². The molecule has 0 bridgehead atoms. The Labute approximate surface area is 276 Å². The summed E-state index contributed by atoms with van der Waals surface area (Å²) < 4.78 is 13.1. The Bertz CT molecular complexity index is 1450. The zero-order valence-corrected chi connectivity index (χ0v) is 26.9. The fourth-order valence-corrected chi connectivity index (χ4v) is 6.29. The van der Waals surface area contributed by atoms with E-state index in [0.717, 1.165) is 72.2 Å². The van der Waals surface area contributed by atoms with Crippen LogP contribution in [-0.2, 0) is 32.2 Å². The van der Waals surface area contributed by atoms with Gasteiger partial charge in [-0.05, 0) is 59.2 Å². The second-order valence-corrected chi connectivity index (χ2v) is 12.6. The number of ether oxygens (including phenoxy) is 2. The molecule has 0 spiro atoms. The lowest BCUT2D eigenvalue weighted by atomic mass is 9.98. The van der Waals surface area contributed by atoms with Crippen molar-refractivity contribution in [2.24, 2.45) is 0 Å². The van der Waals surface area contributed by atoms with Crippen molar-refractivity contribution in [2.45, 2.75) is 89.1 Å². The third-order valence-corrected chi connectivity index (χ3v) is 8.92. The Morgan fingerprint density at radius 3 is 2.26 bits per heavy atom. The first kappa shape index (κ1) is 34.7. The fraction of sp³-hybridized carbons (Fsp3) is 0.459. The number of unbranched alkanes of at least 4 members (excludes halogenated alkanes) is 3. The van der Waals surface area contributed by atoms with E-state index in [1.54, 1.807) is 5.48 Å². The van der Waals surface area contributed by atoms with Gasteiger partial charge in [0.15, 0.2) is 6.29 Å². The second-order valence-electron chi connectivity index (χ2n) is 12.6. The number of aliphatic hydroxyl groups excluding tert-OH is 2. The molecule has 2 aliphatic rings. The quantitative estimate of drug-likeness (QED) is 0.0892. The molecule has 2 aliphatic heterocycles. The van der Waals surface area contributed by atoms with Crippen LogP contribution in [0.1, 0.15) is 86.0 Å². The van der Waals surface area contributed by atoms with Crippen LogP contribution in [-0.4, -0.2) is 64.0 Å². The lowest BCUT2D eigenvalue weighted by molar-refractivity contribution is -0.252. The molecule has 0 unspecified atom stereocenters. The molecule has 3 aromatic carbocycles. The van der Waals surface area contributed by atoms with Crippen LogP contribution in [0.25, 0.3) is 11.1 Å². The predicted molar refractivity (Wildman–Crippen MR) is 177 cm³/mol. The molecule has 5 N–H and O–H groups in total. The standard InChI is InChI=1S/C37H47N3O7/c41-25-26-13-15-28(16-14-26)34-21-33(24-40-18-17-32(42)23-40)46-37(47-34)31-10-6-9-30(20-31)29-8-5-7-27(19-29)22-38-35(43)11-3-1-2-4-12-36(44)39-45/h5-10,13-16,19-20,32-34,37,41-42,45H,1-4,11-12,17-18,21-25H2,(H,38,43)(H,39,44)/t32-,33-,34+,37+/m0/s1. The summed E-state index contributed by atoms with van der Waals surface area (Å²) in [6, 6.07) is 24.2. The number of rotatable bonds is 15. The van der Waals surface area contributed by atoms with Gasteiger partial charge in [-0.25, -0.2) is 5.48 Å². The maximum atomic E-state index is 12.4. The van der Waals surface area contributed by atoms with E-state index < -0.39 is 6.29 Å². The van der Waals surface area contributed by atoms with Gasteiger partial charge in [-0.15, -0.1) is 0 Å². The number of hydrogen-bond donors (Lipinski definition) is 5. The van der Waals surface area contributed by atoms with E-state index in [1.165, 1.54) is 0 Å². The summed E-state index contributed by atoms with van der Waals surface area (Å²) >= 11 is 0. The Morgan fingerprint density at radius 2 is 1.55 bits per heavy atom. The smallest absolute Gasteiger partial charge is 0.243 e. The lowest BCUT2D eigenvalue weighted by Gasteiger charge is -2.38. The van der Waals surface area contributed by atoms with E-state index in [1.807, 2.05) is 48.5 Å². The number of likely N-dealkylation sites (tertiary alicyclic amines) is 1. The van der Waals surface area contributed by atoms with Gasteiger partial charge in [-0.3, -0.25) is 19.7 Å². The molecule has 2 fully saturated rings. The molecule has 5 rings (SSSR count). The molecule has 2 saturated heterocycles. The van der Waals surface area contributed by atoms with Gasteiger partial charge in [0.05, 0.1) is 24.9 Å². The molecule has 0 aliphatic carbocycles. The van der Waals surface area contributed by atoms with Crippen molar-refractivity contribution >= 4 is 11.8 Å². The summed E-state index contributed by atoms with van der Waals surface area (Å²) in [5.74, 6) is -0.387. The molecule has 0 aromatic heterocycles. The van der Waals surface area contributed by atoms with E-state index >= 15 is 0 Å². The van der Waals surface area contributed by atoms with Crippen LogP contribution in [0.5, 0.6) is 0 Å². The van der Waals surface area contributed by atoms with Gasteiger partial charge >= 0.3 is 0 Å². The van der Waals surface area contributed by atoms with Crippen molar-refractivity contribution in [3.05, 3.63) is 95.1 Å². The number of amides is 2. The SMILES string of the molecule is O=C(CCCCCCC(=O)NCc1cccc(-c2cccc([C@@H]3O[C@H](CN4CC[C@H](O)C4)C[C@H](c4ccc(CO)cc4)O3)c2)c1)NO. The minimum Gasteiger partial charge on any atom is -0.392 e. The van der Waals surface area contributed by atoms with Crippen LogP contribution in [0.4, 0.5) is 0 Å². The maximum Gasteiger partial charge on any atom is 0.243 e. The van der Waals surface area contributed by atoms with Gasteiger partial charge in [0.2, 0.25) is 11.8 Å². The van der Waals surface area contributed by atoms with E-state index in [0.29, 0.717) is 32.4 Å². The molecular formula is C37H47N3O7. The first-order valence-corrected chi connectivity index (χ1v) is 16.7. The van der Waals surface area contributed by atoms with Crippen molar-refractivity contribution in [2.75, 3.05) is 19.6 Å². The number of carbonyl (C=O) groups is 2. The molecule has 47 heavy (non-hydrogen) atoms. The van der Waals surface area contributed by atoms with Crippen LogP contribution in [0.2, 0.25) is 0 Å². The average Bonchev–Trinajstić information content (AvgIpc) is 3.52. The van der Waals surface area contributed by atoms with Crippen LogP contribution < -0.4 is 10.8 Å². The zero-order valence-electron chi connectivity index (χ0n) is 26.9. The van der Waals surface area contributed by atoms with Gasteiger partial charge in [-0.2, -0.15) is 0 Å². The van der Waals surface area contributed by atoms with E-state index in [2.05, 4.69) is 34.5 Å². The number of aliphatic hydroxyl groups is 2. The molecule has 10 nitrogen and oxygen atoms in total. The number of β-amino-alcohol motifs (C(OH)–C–C–N with tert-alkyl or cyclic N) is 1. The molecule has 2 amide bonds. The van der Waals surface area contributed by atoms with Gasteiger partial charge in [-0.1, -0.05) is 73.5 Å². The topological polar surface area (TPSA) is 141 Å². The summed E-state index contributed by atoms with van der Waals surface area (Å²) in [5, 5.41) is 31.1. The number of nitrogens with one attached hydrogen (secondary N) is 2. The Morgan fingerprint density at radius 1 is 0.830 bits per heavy atom. The lowest BCUT2D eigenvalue weighted by Crippen LogP contribution is -2.38. The first-order valence-electron chi connectivity index (χ1n) is 16.7. The first-order chi connectivity index (χ1) is 22.9. The number of carbonyl (C=O) groups excluding carboxylic acids is 2. The highest BCUT2D eigenvalue weighted by atomic mass is 16.7. The number of benzene rings is 3. The van der Waals surface area contributed by atoms with Crippen molar-refractivity contribution in [3.63, 3.8) is 0 Å². The minimum absolute atomic E-state index is 0.00403. The molecule has 0 saturated carbocycles. The highest BCUT2D eigenvalue weighted by Crippen LogP contribution is 2.39. The average molecular weight is 646 g/mol. The van der Waals surface area contributed by atoms with E-state index in [9.17, 15) is 19.8 Å². The summed E-state index contributed by atoms with van der Waals surface area (Å²) in [6.45, 7) is 2.65. The van der Waals surface area contributed by atoms with Crippen LogP contribution in [0, 0.1) is 0 Å². The van der Waals surface area contributed by atoms with Crippen molar-refractivity contribution < 1.29 is 34.5 Å². The normalized spacial score (nSPS) is 21.4. The minimum atomic E-state index is -0.571. The van der Waals surface area contributed by atoms with Crippen LogP contribution in [0.15, 0.2) is 72.8 Å². The number of hydroxylamine groups is 1. The molecule has 2 heterocycles. The van der Waals surface area contributed by atoms with Gasteiger partial charge in [0, 0.05) is 51.0 Å². The predicted octanol–water partition coefficient (Wildman–Crippen LogP) is 4.92. The monoisotopic (exact) mass is 645 g/mol. The third-order valence-electron chi connectivity index (χ3n) is 8.92. The molecule has 252 valence electrons. The van der Waals surface area contributed by atoms with E-state index in [-0.39, 0.29) is 43.2 Å². The zero-order chi connectivity index (χ0) is 33.0. The van der Waals surface area contributed by atoms with Gasteiger partial charge < -0.3 is 25.0 Å². The van der Waals surface area contributed by atoms with Crippen molar-refractivity contribution in [1.29, 1.82) is 0 Å². The summed E-state index contributed by atoms with van der Waals surface area (Å²) in [6.07, 6.45) is 4.19. The van der Waals surface area contributed by atoms with Crippen LogP contribution in [0.3, 0.4) is 0 Å². The second kappa shape index (κ2) is 17.5. The highest BCUT2D eigenvalue weighted by molar-refractivity contribution is 5.76. The summed E-state index contributed by atoms with van der Waals surface area (Å²) in [4.78, 5) is 25.8. The summed E-state index contributed by atoms with van der Waals surface area (Å²) in [7, 11) is 0. The number of nitrogens with zero attached hydrogens (tertiary/aromatic N) is 1. The van der Waals surface area contributed by atoms with E-state index in [4.69, 9.17) is 14.7 Å². The third kappa shape index (κ3) is 10.4. The number of hydrogen-bond acceptors (Lipinski definition) is 8. The highest BCUT2D eigenvalue weighted by Gasteiger charge is 2.34. The largest absolute Gasteiger partial charge is 0.392 e.